The molecule has 2 unspecified atom stereocenters. The molecule has 0 fully saturated rings. The number of allylic oxidation sites excluding steroid dienone is 27. The van der Waals surface area contributed by atoms with Crippen molar-refractivity contribution >= 4 is 17.9 Å². The lowest BCUT2D eigenvalue weighted by atomic mass is 10.0. The van der Waals surface area contributed by atoms with Gasteiger partial charge in [0, 0.05) is 6.42 Å². The van der Waals surface area contributed by atoms with Gasteiger partial charge in [0.2, 0.25) is 0 Å². The number of carboxylic acids is 1. The molecule has 9 nitrogen and oxygen atoms in total. The lowest BCUT2D eigenvalue weighted by Gasteiger charge is -2.25. The van der Waals surface area contributed by atoms with E-state index in [-0.39, 0.29) is 32.7 Å². The van der Waals surface area contributed by atoms with Crippen molar-refractivity contribution < 1.29 is 42.9 Å². The Morgan fingerprint density at radius 2 is 0.704 bits per heavy atom. The van der Waals surface area contributed by atoms with Crippen LogP contribution in [0, 0.1) is 0 Å². The largest absolute Gasteiger partial charge is 0.477 e. The number of esters is 2. The van der Waals surface area contributed by atoms with Crippen molar-refractivity contribution in [2.75, 3.05) is 47.5 Å². The molecule has 9 heteroatoms. The standard InChI is InChI=1S/C72H113NO8/c1-6-8-10-12-14-16-18-20-22-23-24-25-26-27-28-29-30-31-32-33-34-35-36-37-38-39-40-41-42-43-44-45-46-47-49-51-53-55-57-59-61-63-70(75)81-68(67-80-72(71(76)77)78-65-64-73(3,4)5)66-79-69(74)62-60-58-56-54-52-50-48-21-19-17-15-13-11-9-7-2/h8-11,14-17,20-22,24-25,27-28,30-31,33-34,36-37,39-40,48,52,54,58,60,68,72H,6-7,12-13,18-19,23,26,29,32,35,38,41-47,49-51,53,55-57,59,61-67H2,1-5H3/p+1/b10-8-,11-9-,16-14-,17-15-,22-20-,25-24-,28-27-,31-30-,34-33-,37-36-,40-39-,48-21-,54-52-,60-58-. The first-order valence-electron chi connectivity index (χ1n) is 31.3. The Balaban J connectivity index is 4.16. The molecule has 0 saturated carbocycles. The number of quaternary nitrogens is 1. The summed E-state index contributed by atoms with van der Waals surface area (Å²) in [7, 11) is 5.93. The van der Waals surface area contributed by atoms with Crippen LogP contribution in [-0.2, 0) is 33.3 Å². The number of aliphatic carboxylic acids is 1. The second-order valence-electron chi connectivity index (χ2n) is 21.3. The van der Waals surface area contributed by atoms with Crippen LogP contribution >= 0.6 is 0 Å². The fourth-order valence-electron chi connectivity index (χ4n) is 7.78. The normalized spacial score (nSPS) is 13.9. The Morgan fingerprint density at radius 1 is 0.383 bits per heavy atom. The molecule has 2 atom stereocenters. The second-order valence-corrected chi connectivity index (χ2v) is 21.3. The highest BCUT2D eigenvalue weighted by atomic mass is 16.7. The van der Waals surface area contributed by atoms with Crippen LogP contribution in [0.4, 0.5) is 0 Å². The monoisotopic (exact) mass is 1120 g/mol. The Bertz CT molecular complexity index is 1930. The summed E-state index contributed by atoms with van der Waals surface area (Å²) in [4.78, 5) is 37.3. The number of likely N-dealkylation sites (N-methyl/N-ethyl adjacent to an activating group) is 1. The van der Waals surface area contributed by atoms with Crippen LogP contribution in [0.3, 0.4) is 0 Å². The smallest absolute Gasteiger partial charge is 0.361 e. The summed E-state index contributed by atoms with van der Waals surface area (Å²) in [5.41, 5.74) is 0. The minimum Gasteiger partial charge on any atom is -0.477 e. The van der Waals surface area contributed by atoms with E-state index in [0.29, 0.717) is 23.9 Å². The molecular formula is C72H114NO8+. The van der Waals surface area contributed by atoms with E-state index in [1.54, 1.807) is 6.08 Å². The van der Waals surface area contributed by atoms with Gasteiger partial charge >= 0.3 is 17.9 Å². The van der Waals surface area contributed by atoms with Gasteiger partial charge in [-0.2, -0.15) is 0 Å². The van der Waals surface area contributed by atoms with E-state index in [4.69, 9.17) is 18.9 Å². The van der Waals surface area contributed by atoms with Crippen LogP contribution in [0.5, 0.6) is 0 Å². The fraction of sp³-hybridized carbons (Fsp3) is 0.569. The number of ether oxygens (including phenoxy) is 4. The molecule has 0 rings (SSSR count). The van der Waals surface area contributed by atoms with Gasteiger partial charge in [-0.05, 0) is 109 Å². The van der Waals surface area contributed by atoms with Crippen LogP contribution in [0.2, 0.25) is 0 Å². The molecule has 0 bridgehead atoms. The third-order valence-corrected chi connectivity index (χ3v) is 12.5. The van der Waals surface area contributed by atoms with Gasteiger partial charge in [-0.1, -0.05) is 255 Å². The summed E-state index contributed by atoms with van der Waals surface area (Å²) < 4.78 is 22.7. The SMILES string of the molecule is CC/C=C\C/C=C\C/C=C\C/C=C\C/C=C\C/C=C\C/C=C\C/C=C\C/C=C\CCCCCCCCCCCCCCCC(=O)OC(COC(=O)C/C=C\C/C=C\C/C=C\C/C=C\C/C=C\CC)COC(OCC[N+](C)(C)C)C(=O)O. The summed E-state index contributed by atoms with van der Waals surface area (Å²) in [5, 5.41) is 9.69. The van der Waals surface area contributed by atoms with E-state index in [9.17, 15) is 19.5 Å². The molecule has 1 N–H and O–H groups in total. The van der Waals surface area contributed by atoms with E-state index in [2.05, 4.69) is 166 Å². The number of nitrogens with zero attached hydrogens (tertiary/aromatic N) is 1. The molecule has 454 valence electrons. The van der Waals surface area contributed by atoms with Crippen molar-refractivity contribution in [1.29, 1.82) is 0 Å². The average Bonchev–Trinajstić information content (AvgIpc) is 3.44. The van der Waals surface area contributed by atoms with Crippen LogP contribution in [0.15, 0.2) is 170 Å². The molecule has 0 aromatic rings. The predicted octanol–water partition coefficient (Wildman–Crippen LogP) is 19.1. The first-order valence-corrected chi connectivity index (χ1v) is 31.3. The first kappa shape index (κ1) is 75.7. The molecule has 0 aliphatic rings. The number of hydrogen-bond acceptors (Lipinski definition) is 7. The third kappa shape index (κ3) is 62.1. The van der Waals surface area contributed by atoms with E-state index in [1.807, 2.05) is 33.3 Å². The van der Waals surface area contributed by atoms with Crippen LogP contribution < -0.4 is 0 Å². The zero-order valence-electron chi connectivity index (χ0n) is 51.6. The minimum absolute atomic E-state index is 0.0619. The van der Waals surface area contributed by atoms with Gasteiger partial charge in [-0.15, -0.1) is 0 Å². The van der Waals surface area contributed by atoms with Crippen molar-refractivity contribution in [3.05, 3.63) is 170 Å². The molecule has 0 saturated heterocycles. The summed E-state index contributed by atoms with van der Waals surface area (Å²) in [5.74, 6) is -2.19. The topological polar surface area (TPSA) is 108 Å². The molecule has 0 aromatic heterocycles. The molecule has 0 amide bonds. The Kier molecular flexibility index (Phi) is 56.7. The predicted molar refractivity (Wildman–Crippen MR) is 345 cm³/mol. The zero-order chi connectivity index (χ0) is 59.1. The van der Waals surface area contributed by atoms with Gasteiger partial charge in [0.15, 0.2) is 6.10 Å². The van der Waals surface area contributed by atoms with E-state index in [0.717, 1.165) is 103 Å². The summed E-state index contributed by atoms with van der Waals surface area (Å²) in [6.45, 7) is 4.50. The zero-order valence-corrected chi connectivity index (χ0v) is 51.6. The van der Waals surface area contributed by atoms with Crippen molar-refractivity contribution in [1.82, 2.24) is 0 Å². The van der Waals surface area contributed by atoms with Gasteiger partial charge < -0.3 is 28.5 Å². The molecule has 0 radical (unpaired) electrons. The molecule has 0 heterocycles. The molecule has 0 spiro atoms. The average molecular weight is 1120 g/mol. The van der Waals surface area contributed by atoms with E-state index >= 15 is 0 Å². The number of carbonyl (C=O) groups is 3. The van der Waals surface area contributed by atoms with E-state index < -0.39 is 30.3 Å². The van der Waals surface area contributed by atoms with Gasteiger partial charge in [0.05, 0.1) is 40.8 Å². The van der Waals surface area contributed by atoms with Gasteiger partial charge in [-0.25, -0.2) is 4.79 Å². The van der Waals surface area contributed by atoms with Crippen molar-refractivity contribution in [3.8, 4) is 0 Å². The molecule has 81 heavy (non-hydrogen) atoms. The highest BCUT2D eigenvalue weighted by molar-refractivity contribution is 5.72. The number of carbonyl (C=O) groups excluding carboxylic acids is 2. The van der Waals surface area contributed by atoms with Crippen molar-refractivity contribution in [2.45, 2.75) is 219 Å². The molecular weight excluding hydrogens is 1010 g/mol. The molecule has 0 aliphatic carbocycles. The van der Waals surface area contributed by atoms with Crippen molar-refractivity contribution in [3.63, 3.8) is 0 Å². The van der Waals surface area contributed by atoms with Gasteiger partial charge in [0.1, 0.15) is 13.2 Å². The maximum Gasteiger partial charge on any atom is 0.361 e. The number of rotatable bonds is 55. The minimum atomic E-state index is -1.54. The number of carboxylic acid groups (broad SMARTS) is 1. The number of hydrogen-bond donors (Lipinski definition) is 1. The third-order valence-electron chi connectivity index (χ3n) is 12.5. The molecule has 0 aromatic carbocycles. The summed E-state index contributed by atoms with van der Waals surface area (Å²) >= 11 is 0. The van der Waals surface area contributed by atoms with Gasteiger partial charge in [-0.3, -0.25) is 9.59 Å². The van der Waals surface area contributed by atoms with Crippen LogP contribution in [-0.4, -0.2) is 87.4 Å². The summed E-state index contributed by atoms with van der Waals surface area (Å²) in [6, 6.07) is 0. The van der Waals surface area contributed by atoms with Crippen LogP contribution in [0.1, 0.15) is 206 Å². The Morgan fingerprint density at radius 3 is 1.05 bits per heavy atom. The van der Waals surface area contributed by atoms with Gasteiger partial charge in [0.25, 0.3) is 6.29 Å². The lowest BCUT2D eigenvalue weighted by molar-refractivity contribution is -0.870. The Labute approximate surface area is 495 Å². The maximum absolute atomic E-state index is 12.9. The molecule has 0 aliphatic heterocycles. The van der Waals surface area contributed by atoms with Crippen LogP contribution in [0.25, 0.3) is 0 Å². The lowest BCUT2D eigenvalue weighted by Crippen LogP contribution is -2.40. The Hall–Kier alpha value is -5.35. The summed E-state index contributed by atoms with van der Waals surface area (Å²) in [6.07, 6.45) is 89.2. The highest BCUT2D eigenvalue weighted by Crippen LogP contribution is 2.15. The van der Waals surface area contributed by atoms with E-state index in [1.165, 1.54) is 64.2 Å². The second kappa shape index (κ2) is 60.7. The highest BCUT2D eigenvalue weighted by Gasteiger charge is 2.25. The first-order chi connectivity index (χ1) is 39.6. The fourth-order valence-corrected chi connectivity index (χ4v) is 7.78. The van der Waals surface area contributed by atoms with Crippen molar-refractivity contribution in [2.24, 2.45) is 0 Å². The number of unbranched alkanes of at least 4 members (excludes halogenated alkanes) is 13. The quantitative estimate of drug-likeness (QED) is 0.0211. The maximum atomic E-state index is 12.9.